The number of esters is 1. The summed E-state index contributed by atoms with van der Waals surface area (Å²) in [6.07, 6.45) is -0.333. The van der Waals surface area contributed by atoms with Gasteiger partial charge < -0.3 is 19.4 Å². The first-order valence-corrected chi connectivity index (χ1v) is 9.09. The van der Waals surface area contributed by atoms with Crippen LogP contribution in [0.2, 0.25) is 0 Å². The fraction of sp³-hybridized carbons (Fsp3) is 0.550. The van der Waals surface area contributed by atoms with E-state index >= 15 is 0 Å². The number of likely N-dealkylation sites (N-methyl/N-ethyl adjacent to an activating group) is 1. The smallest absolute Gasteiger partial charge is 0.326 e. The summed E-state index contributed by atoms with van der Waals surface area (Å²) in [5, 5.41) is 4.07. The number of nitrogens with zero attached hydrogens (tertiary/aromatic N) is 3. The molecule has 7 heteroatoms. The lowest BCUT2D eigenvalue weighted by Gasteiger charge is -2.27. The molecule has 1 aromatic rings. The zero-order chi connectivity index (χ0) is 20.0. The van der Waals surface area contributed by atoms with Crippen molar-refractivity contribution in [2.24, 2.45) is 5.16 Å². The highest BCUT2D eigenvalue weighted by atomic mass is 16.6. The van der Waals surface area contributed by atoms with Crippen LogP contribution < -0.4 is 0 Å². The molecule has 1 amide bonds. The second-order valence-electron chi connectivity index (χ2n) is 7.85. The molecule has 27 heavy (non-hydrogen) atoms. The predicted molar refractivity (Wildman–Crippen MR) is 103 cm³/mol. The van der Waals surface area contributed by atoms with Crippen molar-refractivity contribution in [3.63, 3.8) is 0 Å². The van der Waals surface area contributed by atoms with Gasteiger partial charge in [0, 0.05) is 19.5 Å². The third-order valence-electron chi connectivity index (χ3n) is 3.92. The van der Waals surface area contributed by atoms with Crippen LogP contribution in [0.3, 0.4) is 0 Å². The second-order valence-corrected chi connectivity index (χ2v) is 7.85. The first-order valence-electron chi connectivity index (χ1n) is 9.09. The average Bonchev–Trinajstić information content (AvgIpc) is 3.07. The molecular weight excluding hydrogens is 346 g/mol. The molecule has 0 aromatic heterocycles. The third kappa shape index (κ3) is 6.67. The molecule has 0 aliphatic carbocycles. The number of hydrogen-bond acceptors (Lipinski definition) is 6. The maximum absolute atomic E-state index is 12.9. The number of amides is 1. The van der Waals surface area contributed by atoms with Gasteiger partial charge in [0.1, 0.15) is 12.1 Å². The summed E-state index contributed by atoms with van der Waals surface area (Å²) in [6, 6.07) is 9.61. The van der Waals surface area contributed by atoms with Crippen LogP contribution in [0.1, 0.15) is 32.8 Å². The number of benzene rings is 1. The summed E-state index contributed by atoms with van der Waals surface area (Å²) >= 11 is 0. The van der Waals surface area contributed by atoms with Crippen LogP contribution in [0.25, 0.3) is 0 Å². The normalized spacial score (nSPS) is 16.7. The maximum Gasteiger partial charge on any atom is 0.326 e. The van der Waals surface area contributed by atoms with Crippen LogP contribution in [0.15, 0.2) is 35.5 Å². The van der Waals surface area contributed by atoms with Crippen molar-refractivity contribution in [2.75, 3.05) is 33.7 Å². The summed E-state index contributed by atoms with van der Waals surface area (Å²) < 4.78 is 5.36. The zero-order valence-corrected chi connectivity index (χ0v) is 16.8. The van der Waals surface area contributed by atoms with Gasteiger partial charge in [-0.25, -0.2) is 0 Å². The minimum Gasteiger partial charge on any atom is -0.459 e. The Hall–Kier alpha value is -2.41. The van der Waals surface area contributed by atoms with Crippen LogP contribution in [0.4, 0.5) is 0 Å². The first-order chi connectivity index (χ1) is 12.7. The maximum atomic E-state index is 12.9. The van der Waals surface area contributed by atoms with Crippen molar-refractivity contribution < 1.29 is 19.2 Å². The van der Waals surface area contributed by atoms with E-state index in [4.69, 9.17) is 9.57 Å². The van der Waals surface area contributed by atoms with Crippen LogP contribution in [-0.4, -0.2) is 72.8 Å². The molecule has 7 nitrogen and oxygen atoms in total. The summed E-state index contributed by atoms with van der Waals surface area (Å²) in [5.74, 6) is -0.686. The standard InChI is InChI=1S/C20H29N3O4/c1-20(2,3)26-18(24)14-23(12-11-22(4)5)19(25)17-13-16(21-27-17)15-9-7-6-8-10-15/h6-10,17H,11-14H2,1-5H3. The second kappa shape index (κ2) is 8.99. The largest absolute Gasteiger partial charge is 0.459 e. The van der Waals surface area contributed by atoms with Crippen molar-refractivity contribution in [1.29, 1.82) is 0 Å². The fourth-order valence-electron chi connectivity index (χ4n) is 2.63. The third-order valence-corrected chi connectivity index (χ3v) is 3.92. The minimum absolute atomic E-state index is 0.107. The Bertz CT molecular complexity index is 680. The minimum atomic E-state index is -0.718. The Balaban J connectivity index is 2.02. The average molecular weight is 375 g/mol. The number of hydrogen-bond donors (Lipinski definition) is 0. The SMILES string of the molecule is CN(C)CCN(CC(=O)OC(C)(C)C)C(=O)C1CC(c2ccccc2)=NO1. The lowest BCUT2D eigenvalue weighted by atomic mass is 10.0. The molecule has 1 aromatic carbocycles. The molecule has 1 aliphatic heterocycles. The van der Waals surface area contributed by atoms with Gasteiger partial charge in [-0.1, -0.05) is 35.5 Å². The molecule has 0 radical (unpaired) electrons. The summed E-state index contributed by atoms with van der Waals surface area (Å²) in [5.41, 5.74) is 1.07. The van der Waals surface area contributed by atoms with Gasteiger partial charge in [0.15, 0.2) is 0 Å². The van der Waals surface area contributed by atoms with E-state index in [2.05, 4.69) is 5.16 Å². The predicted octanol–water partition coefficient (Wildman–Crippen LogP) is 1.91. The van der Waals surface area contributed by atoms with E-state index in [1.807, 2.05) is 49.3 Å². The molecule has 1 aliphatic rings. The summed E-state index contributed by atoms with van der Waals surface area (Å²) in [7, 11) is 3.83. The van der Waals surface area contributed by atoms with Gasteiger partial charge in [0.25, 0.3) is 5.91 Å². The fourth-order valence-corrected chi connectivity index (χ4v) is 2.63. The zero-order valence-electron chi connectivity index (χ0n) is 16.8. The Morgan fingerprint density at radius 2 is 1.85 bits per heavy atom. The van der Waals surface area contributed by atoms with E-state index in [0.29, 0.717) is 19.5 Å². The molecule has 0 saturated heterocycles. The van der Waals surface area contributed by atoms with Crippen molar-refractivity contribution in [3.05, 3.63) is 35.9 Å². The van der Waals surface area contributed by atoms with Gasteiger partial charge in [-0.3, -0.25) is 9.59 Å². The highest BCUT2D eigenvalue weighted by molar-refractivity contribution is 6.04. The molecule has 1 atom stereocenters. The van der Waals surface area contributed by atoms with E-state index in [0.717, 1.165) is 11.3 Å². The van der Waals surface area contributed by atoms with Crippen LogP contribution >= 0.6 is 0 Å². The van der Waals surface area contributed by atoms with Gasteiger partial charge in [-0.15, -0.1) is 0 Å². The molecular formula is C20H29N3O4. The highest BCUT2D eigenvalue weighted by Gasteiger charge is 2.33. The molecule has 1 heterocycles. The van der Waals surface area contributed by atoms with E-state index in [9.17, 15) is 9.59 Å². The van der Waals surface area contributed by atoms with Crippen LogP contribution in [0, 0.1) is 0 Å². The monoisotopic (exact) mass is 375 g/mol. The topological polar surface area (TPSA) is 71.4 Å². The van der Waals surface area contributed by atoms with Gasteiger partial charge in [-0.2, -0.15) is 0 Å². The number of carbonyl (C=O) groups excluding carboxylic acids is 2. The molecule has 0 saturated carbocycles. The van der Waals surface area contributed by atoms with E-state index in [1.54, 1.807) is 20.8 Å². The van der Waals surface area contributed by atoms with Crippen molar-refractivity contribution in [3.8, 4) is 0 Å². The summed E-state index contributed by atoms with van der Waals surface area (Å²) in [6.45, 7) is 6.34. The Labute approximate surface area is 160 Å². The Morgan fingerprint density at radius 3 is 2.44 bits per heavy atom. The van der Waals surface area contributed by atoms with E-state index < -0.39 is 17.7 Å². The highest BCUT2D eigenvalue weighted by Crippen LogP contribution is 2.19. The van der Waals surface area contributed by atoms with Gasteiger partial charge >= 0.3 is 5.97 Å². The van der Waals surface area contributed by atoms with E-state index in [-0.39, 0.29) is 12.5 Å². The molecule has 0 bridgehead atoms. The van der Waals surface area contributed by atoms with Crippen molar-refractivity contribution >= 4 is 17.6 Å². The van der Waals surface area contributed by atoms with Crippen molar-refractivity contribution in [2.45, 2.75) is 38.9 Å². The number of carbonyl (C=O) groups is 2. The van der Waals surface area contributed by atoms with Gasteiger partial charge in [-0.05, 0) is 40.4 Å². The number of ether oxygens (including phenoxy) is 1. The number of oxime groups is 1. The molecule has 1 unspecified atom stereocenters. The molecule has 0 spiro atoms. The van der Waals surface area contributed by atoms with Crippen LogP contribution in [-0.2, 0) is 19.2 Å². The van der Waals surface area contributed by atoms with Gasteiger partial charge in [0.05, 0.1) is 5.71 Å². The van der Waals surface area contributed by atoms with E-state index in [1.165, 1.54) is 4.90 Å². The lowest BCUT2D eigenvalue weighted by Crippen LogP contribution is -2.46. The van der Waals surface area contributed by atoms with Crippen molar-refractivity contribution in [1.82, 2.24) is 9.80 Å². The van der Waals surface area contributed by atoms with Gasteiger partial charge in [0.2, 0.25) is 6.10 Å². The lowest BCUT2D eigenvalue weighted by molar-refractivity contribution is -0.161. The first kappa shape index (κ1) is 20.9. The molecule has 2 rings (SSSR count). The molecule has 148 valence electrons. The summed E-state index contributed by atoms with van der Waals surface area (Å²) in [4.78, 5) is 34.0. The Morgan fingerprint density at radius 1 is 1.19 bits per heavy atom. The Kier molecular flexibility index (Phi) is 6.96. The van der Waals surface area contributed by atoms with Crippen LogP contribution in [0.5, 0.6) is 0 Å². The molecule has 0 N–H and O–H groups in total. The number of rotatable bonds is 7. The quantitative estimate of drug-likeness (QED) is 0.681. The molecule has 0 fully saturated rings.